The van der Waals surface area contributed by atoms with Crippen LogP contribution in [0.4, 0.5) is 0 Å². The van der Waals surface area contributed by atoms with E-state index < -0.39 is 10.0 Å². The summed E-state index contributed by atoms with van der Waals surface area (Å²) in [6, 6.07) is 19.9. The molecule has 1 aliphatic rings. The molecule has 0 aliphatic carbocycles. The van der Waals surface area contributed by atoms with Crippen molar-refractivity contribution in [2.75, 3.05) is 18.8 Å². The van der Waals surface area contributed by atoms with E-state index in [9.17, 15) is 8.42 Å². The Hall–Kier alpha value is -2.64. The minimum absolute atomic E-state index is 0.109. The Kier molecular flexibility index (Phi) is 5.69. The molecule has 0 atom stereocenters. The van der Waals surface area contributed by atoms with E-state index in [1.54, 1.807) is 11.2 Å². The topological polar surface area (TPSA) is 76.1 Å². The maximum atomic E-state index is 12.1. The van der Waals surface area contributed by atoms with Crippen molar-refractivity contribution in [3.63, 3.8) is 0 Å². The zero-order valence-electron chi connectivity index (χ0n) is 16.4. The fourth-order valence-electron chi connectivity index (χ4n) is 3.67. The first-order chi connectivity index (χ1) is 14.1. The van der Waals surface area contributed by atoms with E-state index in [4.69, 9.17) is 4.98 Å². The normalized spacial score (nSPS) is 16.0. The monoisotopic (exact) mass is 408 g/mol. The third-order valence-electron chi connectivity index (χ3n) is 5.37. The van der Waals surface area contributed by atoms with Gasteiger partial charge in [-0.2, -0.15) is 0 Å². The summed E-state index contributed by atoms with van der Waals surface area (Å²) in [4.78, 5) is 4.91. The van der Waals surface area contributed by atoms with E-state index in [1.807, 2.05) is 60.7 Å². The van der Waals surface area contributed by atoms with Crippen LogP contribution in [0.1, 0.15) is 31.5 Å². The van der Waals surface area contributed by atoms with E-state index >= 15 is 0 Å². The lowest BCUT2D eigenvalue weighted by Crippen LogP contribution is -2.39. The van der Waals surface area contributed by atoms with Crippen LogP contribution in [0, 0.1) is 0 Å². The van der Waals surface area contributed by atoms with E-state index in [2.05, 4.69) is 10.2 Å². The smallest absolute Gasteiger partial charge is 0.213 e. The molecule has 29 heavy (non-hydrogen) atoms. The van der Waals surface area contributed by atoms with Gasteiger partial charge in [-0.3, -0.25) is 0 Å². The lowest BCUT2D eigenvalue weighted by atomic mass is 9.97. The molecule has 4 rings (SSSR count). The molecule has 7 heteroatoms. The van der Waals surface area contributed by atoms with Crippen molar-refractivity contribution in [1.29, 1.82) is 0 Å². The van der Waals surface area contributed by atoms with Gasteiger partial charge in [0, 0.05) is 30.1 Å². The zero-order chi connectivity index (χ0) is 20.3. The predicted molar refractivity (Wildman–Crippen MR) is 114 cm³/mol. The van der Waals surface area contributed by atoms with Crippen LogP contribution in [0.25, 0.3) is 22.5 Å². The SMILES string of the molecule is CCS(=O)(=O)N1CCC(c2nnc(-c3ccccc3)c(-c3ccccc3)n2)CC1. The third-order valence-corrected chi connectivity index (χ3v) is 7.26. The lowest BCUT2D eigenvalue weighted by Gasteiger charge is -2.30. The first-order valence-electron chi connectivity index (χ1n) is 9.92. The molecule has 2 heterocycles. The van der Waals surface area contributed by atoms with Crippen molar-refractivity contribution < 1.29 is 8.42 Å². The highest BCUT2D eigenvalue weighted by Crippen LogP contribution is 2.32. The van der Waals surface area contributed by atoms with Crippen LogP contribution >= 0.6 is 0 Å². The van der Waals surface area contributed by atoms with Gasteiger partial charge in [0.2, 0.25) is 10.0 Å². The van der Waals surface area contributed by atoms with Crippen molar-refractivity contribution in [1.82, 2.24) is 19.5 Å². The standard InChI is InChI=1S/C22H24N4O2S/c1-2-29(27,28)26-15-13-19(14-16-26)22-23-20(17-9-5-3-6-10-17)21(24-25-22)18-11-7-4-8-12-18/h3-12,19H,2,13-16H2,1H3. The summed E-state index contributed by atoms with van der Waals surface area (Å²) in [5.74, 6) is 0.940. The molecule has 2 aromatic carbocycles. The van der Waals surface area contributed by atoms with Crippen LogP contribution in [0.15, 0.2) is 60.7 Å². The molecule has 0 amide bonds. The second kappa shape index (κ2) is 8.39. The Labute approximate surface area is 171 Å². The number of hydrogen-bond donors (Lipinski definition) is 0. The van der Waals surface area contributed by atoms with Gasteiger partial charge in [0.1, 0.15) is 11.4 Å². The molecule has 0 bridgehead atoms. The van der Waals surface area contributed by atoms with E-state index in [1.165, 1.54) is 0 Å². The van der Waals surface area contributed by atoms with Gasteiger partial charge in [0.15, 0.2) is 5.82 Å². The van der Waals surface area contributed by atoms with E-state index in [0.717, 1.165) is 22.5 Å². The van der Waals surface area contributed by atoms with Crippen molar-refractivity contribution in [3.8, 4) is 22.5 Å². The Morgan fingerprint density at radius 1 is 0.862 bits per heavy atom. The molecule has 1 fully saturated rings. The average molecular weight is 409 g/mol. The van der Waals surface area contributed by atoms with Gasteiger partial charge in [-0.15, -0.1) is 10.2 Å². The molecular weight excluding hydrogens is 384 g/mol. The molecule has 1 aromatic heterocycles. The van der Waals surface area contributed by atoms with Crippen molar-refractivity contribution in [3.05, 3.63) is 66.5 Å². The fourth-order valence-corrected chi connectivity index (χ4v) is 4.81. The minimum Gasteiger partial charge on any atom is -0.228 e. The third kappa shape index (κ3) is 4.21. The van der Waals surface area contributed by atoms with Gasteiger partial charge < -0.3 is 0 Å². The van der Waals surface area contributed by atoms with Crippen molar-refractivity contribution in [2.45, 2.75) is 25.7 Å². The number of hydrogen-bond acceptors (Lipinski definition) is 5. The van der Waals surface area contributed by atoms with E-state index in [-0.39, 0.29) is 11.7 Å². The highest BCUT2D eigenvalue weighted by atomic mass is 32.2. The molecular formula is C22H24N4O2S. The van der Waals surface area contributed by atoms with E-state index in [0.29, 0.717) is 31.8 Å². The first kappa shape index (κ1) is 19.7. The quantitative estimate of drug-likeness (QED) is 0.643. The maximum absolute atomic E-state index is 12.1. The second-order valence-electron chi connectivity index (χ2n) is 7.17. The first-order valence-corrected chi connectivity index (χ1v) is 11.5. The van der Waals surface area contributed by atoms with Crippen LogP contribution in [-0.2, 0) is 10.0 Å². The van der Waals surface area contributed by atoms with Gasteiger partial charge in [0.25, 0.3) is 0 Å². The molecule has 0 saturated carbocycles. The molecule has 0 unspecified atom stereocenters. The molecule has 3 aromatic rings. The van der Waals surface area contributed by atoms with Crippen LogP contribution in [0.5, 0.6) is 0 Å². The van der Waals surface area contributed by atoms with Crippen LogP contribution < -0.4 is 0 Å². The van der Waals surface area contributed by atoms with Gasteiger partial charge in [-0.25, -0.2) is 17.7 Å². The largest absolute Gasteiger partial charge is 0.228 e. The Morgan fingerprint density at radius 2 is 1.41 bits per heavy atom. The summed E-state index contributed by atoms with van der Waals surface area (Å²) in [5.41, 5.74) is 3.53. The van der Waals surface area contributed by atoms with Gasteiger partial charge in [-0.05, 0) is 19.8 Å². The molecule has 1 aliphatic heterocycles. The molecule has 0 N–H and O–H groups in total. The second-order valence-corrected chi connectivity index (χ2v) is 9.43. The summed E-state index contributed by atoms with van der Waals surface area (Å²) >= 11 is 0. The molecule has 0 spiro atoms. The highest BCUT2D eigenvalue weighted by molar-refractivity contribution is 7.89. The molecule has 150 valence electrons. The minimum atomic E-state index is -3.14. The summed E-state index contributed by atoms with van der Waals surface area (Å²) in [7, 11) is -3.14. The number of piperidine rings is 1. The molecule has 0 radical (unpaired) electrons. The Morgan fingerprint density at radius 3 is 1.97 bits per heavy atom. The average Bonchev–Trinajstić information content (AvgIpc) is 2.80. The Bertz CT molecular complexity index is 1060. The highest BCUT2D eigenvalue weighted by Gasteiger charge is 2.29. The van der Waals surface area contributed by atoms with Crippen molar-refractivity contribution >= 4 is 10.0 Å². The summed E-state index contributed by atoms with van der Waals surface area (Å²) in [6.45, 7) is 2.69. The summed E-state index contributed by atoms with van der Waals surface area (Å²) in [5, 5.41) is 8.98. The van der Waals surface area contributed by atoms with Crippen molar-refractivity contribution in [2.24, 2.45) is 0 Å². The summed E-state index contributed by atoms with van der Waals surface area (Å²) in [6.07, 6.45) is 1.42. The van der Waals surface area contributed by atoms with Gasteiger partial charge in [0.05, 0.1) is 5.75 Å². The number of benzene rings is 2. The molecule has 6 nitrogen and oxygen atoms in total. The fraction of sp³-hybridized carbons (Fsp3) is 0.318. The van der Waals surface area contributed by atoms with Crippen LogP contribution in [0.3, 0.4) is 0 Å². The predicted octanol–water partition coefficient (Wildman–Crippen LogP) is 3.73. The van der Waals surface area contributed by atoms with Gasteiger partial charge in [-0.1, -0.05) is 60.7 Å². The number of nitrogens with zero attached hydrogens (tertiary/aromatic N) is 4. The molecule has 1 saturated heterocycles. The van der Waals surface area contributed by atoms with Crippen LogP contribution in [-0.4, -0.2) is 46.7 Å². The summed E-state index contributed by atoms with van der Waals surface area (Å²) < 4.78 is 25.8. The Balaban J connectivity index is 1.67. The lowest BCUT2D eigenvalue weighted by molar-refractivity contribution is 0.313. The number of rotatable bonds is 5. The number of aromatic nitrogens is 3. The van der Waals surface area contributed by atoms with Crippen LogP contribution in [0.2, 0.25) is 0 Å². The maximum Gasteiger partial charge on any atom is 0.213 e. The number of sulfonamides is 1. The van der Waals surface area contributed by atoms with Gasteiger partial charge >= 0.3 is 0 Å². The zero-order valence-corrected chi connectivity index (χ0v) is 17.2.